The third-order valence-electron chi connectivity index (χ3n) is 2.03. The van der Waals surface area contributed by atoms with Crippen LogP contribution in [-0.2, 0) is 6.18 Å². The molecule has 0 aliphatic carbocycles. The highest BCUT2D eigenvalue weighted by Crippen LogP contribution is 2.33. The lowest BCUT2D eigenvalue weighted by Gasteiger charge is -2.09. The molecule has 0 atom stereocenters. The highest BCUT2D eigenvalue weighted by Gasteiger charge is 2.33. The van der Waals surface area contributed by atoms with Crippen molar-refractivity contribution in [1.82, 2.24) is 4.98 Å². The fourth-order valence-electron chi connectivity index (χ4n) is 1.32. The molecule has 0 N–H and O–H groups in total. The molecule has 1 nitrogen and oxygen atoms in total. The maximum absolute atomic E-state index is 12.5. The summed E-state index contributed by atoms with van der Waals surface area (Å²) in [6.45, 7) is 0. The SMILES string of the molecule is FC(F)(F)c1cc(I)c2cccc(Cl)c2n1. The third-order valence-corrected chi connectivity index (χ3v) is 3.23. The summed E-state index contributed by atoms with van der Waals surface area (Å²) in [5, 5.41) is 0.850. The Hall–Kier alpha value is -0.560. The number of aromatic nitrogens is 1. The number of halogens is 5. The van der Waals surface area contributed by atoms with E-state index < -0.39 is 11.9 Å². The molecule has 0 bridgehead atoms. The zero-order valence-electron chi connectivity index (χ0n) is 7.65. The molecule has 1 aromatic heterocycles. The van der Waals surface area contributed by atoms with Crippen LogP contribution in [0.25, 0.3) is 10.9 Å². The van der Waals surface area contributed by atoms with Crippen LogP contribution in [0.3, 0.4) is 0 Å². The van der Waals surface area contributed by atoms with E-state index in [0.717, 1.165) is 6.07 Å². The van der Waals surface area contributed by atoms with Crippen molar-refractivity contribution in [3.05, 3.63) is 38.6 Å². The topological polar surface area (TPSA) is 12.9 Å². The van der Waals surface area contributed by atoms with Crippen LogP contribution in [0.15, 0.2) is 24.3 Å². The Morgan fingerprint density at radius 2 is 1.94 bits per heavy atom. The van der Waals surface area contributed by atoms with E-state index in [2.05, 4.69) is 4.98 Å². The van der Waals surface area contributed by atoms with Crippen molar-refractivity contribution in [3.8, 4) is 0 Å². The van der Waals surface area contributed by atoms with Crippen molar-refractivity contribution in [2.24, 2.45) is 0 Å². The Kier molecular flexibility index (Phi) is 3.00. The first kappa shape index (κ1) is 11.9. The van der Waals surface area contributed by atoms with Gasteiger partial charge in [-0.1, -0.05) is 23.7 Å². The molecule has 16 heavy (non-hydrogen) atoms. The van der Waals surface area contributed by atoms with Gasteiger partial charge in [0.25, 0.3) is 0 Å². The van der Waals surface area contributed by atoms with Crippen LogP contribution in [0.1, 0.15) is 5.69 Å². The molecular formula is C10H4ClF3IN. The summed E-state index contributed by atoms with van der Waals surface area (Å²) >= 11 is 7.66. The van der Waals surface area contributed by atoms with E-state index in [4.69, 9.17) is 11.6 Å². The van der Waals surface area contributed by atoms with Crippen molar-refractivity contribution in [1.29, 1.82) is 0 Å². The summed E-state index contributed by atoms with van der Waals surface area (Å²) in [6.07, 6.45) is -4.45. The summed E-state index contributed by atoms with van der Waals surface area (Å²) in [4.78, 5) is 3.55. The Balaban J connectivity index is 2.81. The van der Waals surface area contributed by atoms with Gasteiger partial charge in [-0.25, -0.2) is 4.98 Å². The van der Waals surface area contributed by atoms with Gasteiger partial charge in [0.15, 0.2) is 0 Å². The number of rotatable bonds is 0. The van der Waals surface area contributed by atoms with Crippen LogP contribution >= 0.6 is 34.2 Å². The molecular weight excluding hydrogens is 353 g/mol. The summed E-state index contributed by atoms with van der Waals surface area (Å²) in [7, 11) is 0. The average molecular weight is 358 g/mol. The number of benzene rings is 1. The number of nitrogens with zero attached hydrogens (tertiary/aromatic N) is 1. The lowest BCUT2D eigenvalue weighted by molar-refractivity contribution is -0.141. The highest BCUT2D eigenvalue weighted by molar-refractivity contribution is 14.1. The second-order valence-electron chi connectivity index (χ2n) is 3.12. The zero-order valence-corrected chi connectivity index (χ0v) is 10.6. The molecule has 84 valence electrons. The van der Waals surface area contributed by atoms with Gasteiger partial charge in [-0.3, -0.25) is 0 Å². The predicted molar refractivity (Wildman–Crippen MR) is 64.5 cm³/mol. The first-order valence-electron chi connectivity index (χ1n) is 4.21. The Morgan fingerprint density at radius 1 is 1.25 bits per heavy atom. The molecule has 2 rings (SSSR count). The van der Waals surface area contributed by atoms with E-state index in [0.29, 0.717) is 8.96 Å². The van der Waals surface area contributed by atoms with Crippen LogP contribution < -0.4 is 0 Å². The summed E-state index contributed by atoms with van der Waals surface area (Å²) in [5.41, 5.74) is -0.735. The standard InChI is InChI=1S/C10H4ClF3IN/c11-6-3-1-2-5-7(15)4-8(10(12,13)14)16-9(5)6/h1-4H. The van der Waals surface area contributed by atoms with Gasteiger partial charge in [0.1, 0.15) is 5.69 Å². The van der Waals surface area contributed by atoms with Crippen molar-refractivity contribution in [3.63, 3.8) is 0 Å². The molecule has 0 saturated heterocycles. The van der Waals surface area contributed by atoms with E-state index in [9.17, 15) is 13.2 Å². The van der Waals surface area contributed by atoms with Crippen LogP contribution in [0.4, 0.5) is 13.2 Å². The maximum Gasteiger partial charge on any atom is 0.433 e. The van der Waals surface area contributed by atoms with Gasteiger partial charge in [0, 0.05) is 8.96 Å². The van der Waals surface area contributed by atoms with Crippen molar-refractivity contribution < 1.29 is 13.2 Å². The number of pyridine rings is 1. The number of alkyl halides is 3. The second kappa shape index (κ2) is 4.03. The van der Waals surface area contributed by atoms with Gasteiger partial charge in [0.05, 0.1) is 10.5 Å². The molecule has 0 fully saturated rings. The van der Waals surface area contributed by atoms with Crippen LogP contribution in [-0.4, -0.2) is 4.98 Å². The van der Waals surface area contributed by atoms with Gasteiger partial charge in [-0.2, -0.15) is 13.2 Å². The van der Waals surface area contributed by atoms with Crippen molar-refractivity contribution in [2.75, 3.05) is 0 Å². The molecule has 0 aliphatic heterocycles. The lowest BCUT2D eigenvalue weighted by atomic mass is 10.2. The smallest absolute Gasteiger partial charge is 0.242 e. The zero-order chi connectivity index (χ0) is 11.9. The van der Waals surface area contributed by atoms with Gasteiger partial charge in [0.2, 0.25) is 0 Å². The van der Waals surface area contributed by atoms with Gasteiger partial charge < -0.3 is 0 Å². The molecule has 0 amide bonds. The fraction of sp³-hybridized carbons (Fsp3) is 0.100. The maximum atomic E-state index is 12.5. The molecule has 0 aliphatic rings. The minimum Gasteiger partial charge on any atom is -0.242 e. The van der Waals surface area contributed by atoms with E-state index in [1.54, 1.807) is 12.1 Å². The number of para-hydroxylation sites is 1. The minimum absolute atomic E-state index is 0.184. The molecule has 2 aromatic rings. The first-order valence-corrected chi connectivity index (χ1v) is 5.67. The molecule has 0 spiro atoms. The van der Waals surface area contributed by atoms with Gasteiger partial charge >= 0.3 is 6.18 Å². The normalized spacial score (nSPS) is 12.1. The number of fused-ring (bicyclic) bond motifs is 1. The van der Waals surface area contributed by atoms with Crippen LogP contribution in [0.5, 0.6) is 0 Å². The quantitative estimate of drug-likeness (QED) is 0.632. The second-order valence-corrected chi connectivity index (χ2v) is 4.69. The summed E-state index contributed by atoms with van der Waals surface area (Å²) in [6, 6.07) is 5.91. The van der Waals surface area contributed by atoms with Crippen molar-refractivity contribution in [2.45, 2.75) is 6.18 Å². The lowest BCUT2D eigenvalue weighted by Crippen LogP contribution is -2.08. The molecule has 1 aromatic carbocycles. The highest BCUT2D eigenvalue weighted by atomic mass is 127. The molecule has 0 saturated carbocycles. The largest absolute Gasteiger partial charge is 0.433 e. The first-order chi connectivity index (χ1) is 7.39. The summed E-state index contributed by atoms with van der Waals surface area (Å²) in [5.74, 6) is 0. The Labute approximate surface area is 108 Å². The summed E-state index contributed by atoms with van der Waals surface area (Å²) < 4.78 is 38.0. The molecule has 0 radical (unpaired) electrons. The van der Waals surface area contributed by atoms with Crippen LogP contribution in [0.2, 0.25) is 5.02 Å². The van der Waals surface area contributed by atoms with E-state index in [-0.39, 0.29) is 10.5 Å². The monoisotopic (exact) mass is 357 g/mol. The Bertz CT molecular complexity index is 553. The van der Waals surface area contributed by atoms with Gasteiger partial charge in [-0.05, 0) is 34.7 Å². The number of hydrogen-bond acceptors (Lipinski definition) is 1. The molecule has 1 heterocycles. The number of hydrogen-bond donors (Lipinski definition) is 0. The molecule has 6 heteroatoms. The van der Waals surface area contributed by atoms with E-state index in [1.165, 1.54) is 6.07 Å². The fourth-order valence-corrected chi connectivity index (χ4v) is 2.26. The van der Waals surface area contributed by atoms with Crippen LogP contribution in [0, 0.1) is 3.57 Å². The van der Waals surface area contributed by atoms with Gasteiger partial charge in [-0.15, -0.1) is 0 Å². The predicted octanol–water partition coefficient (Wildman–Crippen LogP) is 4.51. The third kappa shape index (κ3) is 2.10. The Morgan fingerprint density at radius 3 is 2.56 bits per heavy atom. The van der Waals surface area contributed by atoms with Crippen molar-refractivity contribution >= 4 is 45.1 Å². The molecule has 0 unspecified atom stereocenters. The van der Waals surface area contributed by atoms with E-state index in [1.807, 2.05) is 22.6 Å². The average Bonchev–Trinajstić information content (AvgIpc) is 2.18. The minimum atomic E-state index is -4.45. The van der Waals surface area contributed by atoms with E-state index >= 15 is 0 Å².